The van der Waals surface area contributed by atoms with E-state index in [4.69, 9.17) is 0 Å². The molecule has 0 spiro atoms. The largest absolute Gasteiger partial charge is 0.343 e. The van der Waals surface area contributed by atoms with Crippen LogP contribution in [0.3, 0.4) is 0 Å². The summed E-state index contributed by atoms with van der Waals surface area (Å²) in [5.74, 6) is 0.383. The van der Waals surface area contributed by atoms with Crippen LogP contribution in [0.25, 0.3) is 11.0 Å². The van der Waals surface area contributed by atoms with Gasteiger partial charge in [0.25, 0.3) is 5.91 Å². The molecule has 0 saturated carbocycles. The first-order chi connectivity index (χ1) is 13.9. The number of pyridine rings is 1. The number of nitrogens with zero attached hydrogens (tertiary/aromatic N) is 4. The highest BCUT2D eigenvalue weighted by molar-refractivity contribution is 5.92. The van der Waals surface area contributed by atoms with E-state index in [1.165, 1.54) is 0 Å². The maximum atomic E-state index is 13.0. The number of nitrogens with one attached hydrogen (secondary N) is 1. The summed E-state index contributed by atoms with van der Waals surface area (Å²) >= 11 is 0. The Morgan fingerprint density at radius 3 is 2.38 bits per heavy atom. The number of amides is 2. The van der Waals surface area contributed by atoms with Gasteiger partial charge in [-0.15, -0.1) is 0 Å². The van der Waals surface area contributed by atoms with Gasteiger partial charge in [0, 0.05) is 18.3 Å². The zero-order valence-electron chi connectivity index (χ0n) is 17.3. The Hall–Kier alpha value is -3.22. The van der Waals surface area contributed by atoms with E-state index >= 15 is 0 Å². The molecule has 0 bridgehead atoms. The quantitative estimate of drug-likeness (QED) is 0.669. The molecule has 0 aliphatic carbocycles. The van der Waals surface area contributed by atoms with Crippen LogP contribution in [0.1, 0.15) is 44.0 Å². The Labute approximate surface area is 170 Å². The fraction of sp³-hybridized carbons (Fsp3) is 0.364. The summed E-state index contributed by atoms with van der Waals surface area (Å²) in [6.45, 7) is 8.43. The van der Waals surface area contributed by atoms with Gasteiger partial charge in [0.05, 0.1) is 17.6 Å². The van der Waals surface area contributed by atoms with E-state index < -0.39 is 0 Å². The number of carbonyl (C=O) groups is 2. The first-order valence-corrected chi connectivity index (χ1v) is 9.83. The van der Waals surface area contributed by atoms with Gasteiger partial charge in [-0.1, -0.05) is 18.2 Å². The van der Waals surface area contributed by atoms with Crippen molar-refractivity contribution in [2.24, 2.45) is 0 Å². The first kappa shape index (κ1) is 20.5. The predicted octanol–water partition coefficient (Wildman–Crippen LogP) is 3.01. The minimum absolute atomic E-state index is 0.0236. The van der Waals surface area contributed by atoms with Gasteiger partial charge in [-0.3, -0.25) is 14.6 Å². The van der Waals surface area contributed by atoms with Crippen molar-refractivity contribution in [1.82, 2.24) is 24.8 Å². The molecule has 2 heterocycles. The molecule has 0 atom stereocenters. The number of hydrogen-bond donors (Lipinski definition) is 1. The number of rotatable bonds is 7. The zero-order chi connectivity index (χ0) is 21.0. The van der Waals surface area contributed by atoms with Crippen molar-refractivity contribution in [3.8, 4) is 0 Å². The zero-order valence-corrected chi connectivity index (χ0v) is 17.3. The maximum Gasteiger partial charge on any atom is 0.270 e. The van der Waals surface area contributed by atoms with Crippen LogP contribution in [0, 0.1) is 0 Å². The third kappa shape index (κ3) is 4.62. The van der Waals surface area contributed by atoms with Gasteiger partial charge in [-0.25, -0.2) is 4.98 Å². The monoisotopic (exact) mass is 393 g/mol. The molecule has 0 unspecified atom stereocenters. The Kier molecular flexibility index (Phi) is 6.26. The smallest absolute Gasteiger partial charge is 0.270 e. The highest BCUT2D eigenvalue weighted by Gasteiger charge is 2.22. The summed E-state index contributed by atoms with van der Waals surface area (Å²) in [5, 5.41) is 2.85. The van der Waals surface area contributed by atoms with Gasteiger partial charge in [0.1, 0.15) is 18.1 Å². The summed E-state index contributed by atoms with van der Waals surface area (Å²) in [6, 6.07) is 13.1. The number of aromatic nitrogens is 3. The highest BCUT2D eigenvalue weighted by atomic mass is 16.2. The second kappa shape index (κ2) is 8.86. The summed E-state index contributed by atoms with van der Waals surface area (Å²) in [7, 11) is 0. The van der Waals surface area contributed by atoms with Crippen LogP contribution < -0.4 is 5.32 Å². The molecule has 0 aliphatic heterocycles. The molecule has 29 heavy (non-hydrogen) atoms. The van der Waals surface area contributed by atoms with Crippen LogP contribution in [-0.4, -0.2) is 43.3 Å². The molecule has 7 heteroatoms. The van der Waals surface area contributed by atoms with Crippen molar-refractivity contribution >= 4 is 22.8 Å². The summed E-state index contributed by atoms with van der Waals surface area (Å²) in [6.07, 6.45) is 1.58. The molecular weight excluding hydrogens is 366 g/mol. The lowest BCUT2D eigenvalue weighted by atomic mass is 10.2. The Morgan fingerprint density at radius 2 is 1.72 bits per heavy atom. The van der Waals surface area contributed by atoms with Crippen LogP contribution >= 0.6 is 0 Å². The molecule has 0 fully saturated rings. The van der Waals surface area contributed by atoms with Gasteiger partial charge in [-0.05, 0) is 52.0 Å². The van der Waals surface area contributed by atoms with Crippen LogP contribution in [0.15, 0.2) is 48.7 Å². The van der Waals surface area contributed by atoms with Crippen molar-refractivity contribution in [2.45, 2.75) is 52.9 Å². The average Bonchev–Trinajstić information content (AvgIpc) is 3.03. The lowest BCUT2D eigenvalue weighted by molar-refractivity contribution is -0.135. The van der Waals surface area contributed by atoms with Crippen LogP contribution in [0.4, 0.5) is 0 Å². The molecule has 3 aromatic rings. The second-order valence-corrected chi connectivity index (χ2v) is 7.49. The molecule has 1 N–H and O–H groups in total. The normalized spacial score (nSPS) is 11.2. The Balaban J connectivity index is 1.86. The number of imidazole rings is 1. The minimum atomic E-state index is -0.276. The highest BCUT2D eigenvalue weighted by Crippen LogP contribution is 2.17. The Morgan fingerprint density at radius 1 is 1.03 bits per heavy atom. The van der Waals surface area contributed by atoms with E-state index in [1.807, 2.05) is 61.4 Å². The molecule has 2 aromatic heterocycles. The number of carbonyl (C=O) groups excluding carboxylic acids is 2. The van der Waals surface area contributed by atoms with E-state index in [0.717, 1.165) is 11.0 Å². The van der Waals surface area contributed by atoms with Gasteiger partial charge in [0.15, 0.2) is 0 Å². The standard InChI is InChI=1S/C22H27N5O2/c1-15(2)27(16(3)4)21(28)14-26-19-11-6-5-9-17(19)25-20(26)13-24-22(29)18-10-7-8-12-23-18/h5-12,15-16H,13-14H2,1-4H3,(H,24,29). The van der Waals surface area contributed by atoms with Crippen molar-refractivity contribution < 1.29 is 9.59 Å². The minimum Gasteiger partial charge on any atom is -0.343 e. The van der Waals surface area contributed by atoms with Crippen molar-refractivity contribution in [1.29, 1.82) is 0 Å². The molecule has 3 rings (SSSR count). The molecule has 1 aromatic carbocycles. The maximum absolute atomic E-state index is 13.0. The summed E-state index contributed by atoms with van der Waals surface area (Å²) in [5.41, 5.74) is 2.01. The fourth-order valence-corrected chi connectivity index (χ4v) is 3.57. The number of fused-ring (bicyclic) bond motifs is 1. The summed E-state index contributed by atoms with van der Waals surface area (Å²) in [4.78, 5) is 36.0. The number of para-hydroxylation sites is 2. The van der Waals surface area contributed by atoms with Crippen molar-refractivity contribution in [3.05, 3.63) is 60.2 Å². The lowest BCUT2D eigenvalue weighted by Crippen LogP contribution is -2.44. The molecule has 0 saturated heterocycles. The molecule has 7 nitrogen and oxygen atoms in total. The molecular formula is C22H27N5O2. The van der Waals surface area contributed by atoms with E-state index in [2.05, 4.69) is 15.3 Å². The Bertz CT molecular complexity index is 987. The first-order valence-electron chi connectivity index (χ1n) is 9.83. The molecule has 2 amide bonds. The van der Waals surface area contributed by atoms with E-state index in [0.29, 0.717) is 11.5 Å². The van der Waals surface area contributed by atoms with Gasteiger partial charge in [0.2, 0.25) is 5.91 Å². The van der Waals surface area contributed by atoms with Crippen molar-refractivity contribution in [3.63, 3.8) is 0 Å². The van der Waals surface area contributed by atoms with Gasteiger partial charge >= 0.3 is 0 Å². The fourth-order valence-electron chi connectivity index (χ4n) is 3.57. The topological polar surface area (TPSA) is 80.1 Å². The molecule has 0 aliphatic rings. The van der Waals surface area contributed by atoms with Gasteiger partial charge < -0.3 is 14.8 Å². The third-order valence-electron chi connectivity index (χ3n) is 4.73. The van der Waals surface area contributed by atoms with Crippen LogP contribution in [0.2, 0.25) is 0 Å². The van der Waals surface area contributed by atoms with Crippen LogP contribution in [0.5, 0.6) is 0 Å². The van der Waals surface area contributed by atoms with Gasteiger partial charge in [-0.2, -0.15) is 0 Å². The molecule has 0 radical (unpaired) electrons. The van der Waals surface area contributed by atoms with Crippen LogP contribution in [-0.2, 0) is 17.9 Å². The summed E-state index contributed by atoms with van der Waals surface area (Å²) < 4.78 is 1.88. The average molecular weight is 393 g/mol. The molecule has 152 valence electrons. The van der Waals surface area contributed by atoms with E-state index in [1.54, 1.807) is 24.4 Å². The second-order valence-electron chi connectivity index (χ2n) is 7.49. The number of hydrogen-bond acceptors (Lipinski definition) is 4. The van der Waals surface area contributed by atoms with E-state index in [-0.39, 0.29) is 37.0 Å². The number of benzene rings is 1. The van der Waals surface area contributed by atoms with E-state index in [9.17, 15) is 9.59 Å². The third-order valence-corrected chi connectivity index (χ3v) is 4.73. The SMILES string of the molecule is CC(C)N(C(=O)Cn1c(CNC(=O)c2ccccn2)nc2ccccc21)C(C)C. The van der Waals surface area contributed by atoms with Crippen molar-refractivity contribution in [2.75, 3.05) is 0 Å². The predicted molar refractivity (Wildman–Crippen MR) is 112 cm³/mol. The lowest BCUT2D eigenvalue weighted by Gasteiger charge is -2.31.